The Kier molecular flexibility index (Phi) is 10.3. The minimum atomic E-state index is 0.239. The van der Waals surface area contributed by atoms with Crippen molar-refractivity contribution in [2.75, 3.05) is 9.80 Å². The van der Waals surface area contributed by atoms with Crippen LogP contribution >= 0.6 is 0 Å². The largest absolute Gasteiger partial charge is 0.454 e. The molecule has 4 heteroatoms. The van der Waals surface area contributed by atoms with Crippen LogP contribution in [0.2, 0.25) is 0 Å². The third kappa shape index (κ3) is 6.71. The lowest BCUT2D eigenvalue weighted by Crippen LogP contribution is -2.15. The number of hydrogen-bond donors (Lipinski definition) is 0. The van der Waals surface area contributed by atoms with Crippen molar-refractivity contribution in [1.82, 2.24) is 0 Å². The van der Waals surface area contributed by atoms with E-state index in [1.807, 2.05) is 0 Å². The van der Waals surface area contributed by atoms with Crippen molar-refractivity contribution < 1.29 is 8.83 Å². The maximum absolute atomic E-state index is 6.96. The minimum absolute atomic E-state index is 0.239. The van der Waals surface area contributed by atoms with Crippen LogP contribution in [0.4, 0.5) is 34.1 Å². The van der Waals surface area contributed by atoms with Crippen LogP contribution in [0.15, 0.2) is 167 Å². The van der Waals surface area contributed by atoms with Crippen molar-refractivity contribution in [3.63, 3.8) is 0 Å². The number of rotatable bonds is 10. The fourth-order valence-corrected chi connectivity index (χ4v) is 11.5. The molecule has 0 aliphatic carbocycles. The topological polar surface area (TPSA) is 32.8 Å². The molecule has 2 heterocycles. The minimum Gasteiger partial charge on any atom is -0.454 e. The number of anilines is 6. The zero-order valence-corrected chi connectivity index (χ0v) is 42.0. The molecule has 10 aromatic carbocycles. The number of furan rings is 2. The van der Waals surface area contributed by atoms with Crippen LogP contribution in [-0.2, 0) is 0 Å². The van der Waals surface area contributed by atoms with Crippen LogP contribution in [0.25, 0.3) is 76.2 Å². The summed E-state index contributed by atoms with van der Waals surface area (Å²) >= 11 is 0. The molecule has 0 unspecified atom stereocenters. The predicted molar refractivity (Wildman–Crippen MR) is 300 cm³/mol. The van der Waals surface area contributed by atoms with Gasteiger partial charge in [-0.1, -0.05) is 165 Å². The Morgan fingerprint density at radius 3 is 1.13 bits per heavy atom. The number of fused-ring (bicyclic) bond motifs is 6. The van der Waals surface area contributed by atoms with Gasteiger partial charge in [0.25, 0.3) is 0 Å². The van der Waals surface area contributed by atoms with Crippen LogP contribution in [-0.4, -0.2) is 0 Å². The van der Waals surface area contributed by atoms with Gasteiger partial charge in [0.1, 0.15) is 11.2 Å². The second-order valence-corrected chi connectivity index (χ2v) is 20.9. The monoisotopic (exact) mass is 912 g/mol. The van der Waals surface area contributed by atoms with Gasteiger partial charge >= 0.3 is 0 Å². The maximum Gasteiger partial charge on any atom is 0.159 e. The van der Waals surface area contributed by atoms with E-state index in [1.54, 1.807) is 0 Å². The summed E-state index contributed by atoms with van der Waals surface area (Å²) in [7, 11) is 0. The number of benzene rings is 10. The number of para-hydroxylation sites is 2. The summed E-state index contributed by atoms with van der Waals surface area (Å²) in [5.41, 5.74) is 17.7. The van der Waals surface area contributed by atoms with Gasteiger partial charge in [-0.3, -0.25) is 0 Å². The molecule has 0 atom stereocenters. The van der Waals surface area contributed by atoms with Gasteiger partial charge in [-0.2, -0.15) is 0 Å². The first-order valence-electron chi connectivity index (χ1n) is 25.3. The molecule has 0 saturated heterocycles. The van der Waals surface area contributed by atoms with Crippen LogP contribution in [0.1, 0.15) is 112 Å². The molecule has 0 saturated carbocycles. The van der Waals surface area contributed by atoms with Gasteiger partial charge in [0, 0.05) is 43.7 Å². The molecule has 0 fully saturated rings. The fraction of sp³-hybridized carbons (Fsp3) is 0.212. The third-order valence-corrected chi connectivity index (χ3v) is 15.1. The van der Waals surface area contributed by atoms with E-state index < -0.39 is 0 Å². The molecule has 4 nitrogen and oxygen atoms in total. The molecule has 0 aliphatic heterocycles. The summed E-state index contributed by atoms with van der Waals surface area (Å²) < 4.78 is 13.9. The van der Waals surface area contributed by atoms with E-state index in [4.69, 9.17) is 8.83 Å². The van der Waals surface area contributed by atoms with Crippen molar-refractivity contribution in [3.8, 4) is 0 Å². The molecule has 0 radical (unpaired) electrons. The lowest BCUT2D eigenvalue weighted by molar-refractivity contribution is 0.668. The number of nitrogens with zero attached hydrogens (tertiary/aromatic N) is 2. The highest BCUT2D eigenvalue weighted by Crippen LogP contribution is 2.54. The maximum atomic E-state index is 6.96. The summed E-state index contributed by atoms with van der Waals surface area (Å²) in [6.07, 6.45) is 0. The first-order chi connectivity index (χ1) is 33.9. The SMILES string of the molecule is Cc1ccc2c(oc3ccccc32)c1N(c1cccc(C(C)C)c1)c1cc(C(C)C)c2ccc3c(N(c4cccc(C(C)C)c4)c4c(C)ccc5c4oc4ccccc45)cc(C(C)C)c4ccc1c2c43. The molecule has 0 bridgehead atoms. The highest BCUT2D eigenvalue weighted by molar-refractivity contribution is 6.30. The highest BCUT2D eigenvalue weighted by Gasteiger charge is 2.30. The van der Waals surface area contributed by atoms with Gasteiger partial charge in [-0.15, -0.1) is 0 Å². The molecule has 0 amide bonds. The zero-order valence-electron chi connectivity index (χ0n) is 42.0. The normalized spacial score (nSPS) is 12.4. The average molecular weight is 913 g/mol. The van der Waals surface area contributed by atoms with E-state index in [1.165, 1.54) is 54.6 Å². The van der Waals surface area contributed by atoms with Gasteiger partial charge in [-0.25, -0.2) is 0 Å². The summed E-state index contributed by atoms with van der Waals surface area (Å²) in [6.45, 7) is 23.0. The summed E-state index contributed by atoms with van der Waals surface area (Å²) in [5.74, 6) is 1.18. The first kappa shape index (κ1) is 43.7. The Balaban J connectivity index is 1.23. The molecule has 70 heavy (non-hydrogen) atoms. The Labute approximate surface area is 411 Å². The average Bonchev–Trinajstić information content (AvgIpc) is 3.93. The van der Waals surface area contributed by atoms with Crippen LogP contribution in [0.5, 0.6) is 0 Å². The van der Waals surface area contributed by atoms with Gasteiger partial charge in [0.05, 0.1) is 22.7 Å². The lowest BCUT2D eigenvalue weighted by Gasteiger charge is -2.32. The molecule has 0 aliphatic rings. The molecular weight excluding hydrogens is 853 g/mol. The molecule has 2 aromatic heterocycles. The Hall–Kier alpha value is -7.56. The van der Waals surface area contributed by atoms with E-state index in [2.05, 4.69) is 237 Å². The van der Waals surface area contributed by atoms with Gasteiger partial charge < -0.3 is 18.6 Å². The Morgan fingerprint density at radius 2 is 0.729 bits per heavy atom. The smallest absolute Gasteiger partial charge is 0.159 e. The van der Waals surface area contributed by atoms with Gasteiger partial charge in [0.15, 0.2) is 11.2 Å². The van der Waals surface area contributed by atoms with Crippen molar-refractivity contribution in [2.24, 2.45) is 0 Å². The molecule has 12 rings (SSSR count). The van der Waals surface area contributed by atoms with E-state index in [-0.39, 0.29) is 11.8 Å². The molecule has 346 valence electrons. The molecule has 12 aromatic rings. The fourth-order valence-electron chi connectivity index (χ4n) is 11.5. The standard InChI is InChI=1S/C66H60N2O2/c1-37(2)43-17-15-19-45(33-43)67(63-41(9)25-27-51-47-21-11-13-23-59(47)69-65(51)63)57-35-55(39(5)6)49-30-32-54-58(36-56(40(7)8)50-29-31-53(57)61(49)62(50)54)68(46-20-16-18-44(34-46)38(3)4)64-42(10)26-28-52-48-22-12-14-24-60(48)70-66(52)64/h11-40H,1-10H3. The second-order valence-electron chi connectivity index (χ2n) is 20.9. The van der Waals surface area contributed by atoms with Crippen molar-refractivity contribution >= 4 is 110 Å². The van der Waals surface area contributed by atoms with Crippen LogP contribution in [0.3, 0.4) is 0 Å². The molecular formula is C66H60N2O2. The molecule has 0 N–H and O–H groups in total. The second kappa shape index (κ2) is 16.6. The lowest BCUT2D eigenvalue weighted by atomic mass is 9.84. The van der Waals surface area contributed by atoms with Crippen LogP contribution in [0, 0.1) is 13.8 Å². The summed E-state index contributed by atoms with van der Waals surface area (Å²) in [5, 5.41) is 12.0. The van der Waals surface area contributed by atoms with Crippen molar-refractivity contribution in [2.45, 2.75) is 92.9 Å². The quantitative estimate of drug-likeness (QED) is 0.128. The highest BCUT2D eigenvalue weighted by atomic mass is 16.3. The number of hydrogen-bond acceptors (Lipinski definition) is 4. The third-order valence-electron chi connectivity index (χ3n) is 15.1. The van der Waals surface area contributed by atoms with Crippen molar-refractivity contribution in [3.05, 3.63) is 191 Å². The zero-order chi connectivity index (χ0) is 48.3. The van der Waals surface area contributed by atoms with E-state index in [9.17, 15) is 0 Å². The Bertz CT molecular complexity index is 3750. The number of aryl methyl sites for hydroxylation is 2. The van der Waals surface area contributed by atoms with Crippen LogP contribution < -0.4 is 9.80 Å². The van der Waals surface area contributed by atoms with Gasteiger partial charge in [0.2, 0.25) is 0 Å². The van der Waals surface area contributed by atoms with E-state index in [0.29, 0.717) is 11.8 Å². The van der Waals surface area contributed by atoms with Crippen molar-refractivity contribution in [1.29, 1.82) is 0 Å². The summed E-state index contributed by atoms with van der Waals surface area (Å²) in [4.78, 5) is 5.03. The molecule has 0 spiro atoms. The first-order valence-corrected chi connectivity index (χ1v) is 25.3. The summed E-state index contributed by atoms with van der Waals surface area (Å²) in [6, 6.07) is 58.8. The van der Waals surface area contributed by atoms with Gasteiger partial charge in [-0.05, 0) is 141 Å². The Morgan fingerprint density at radius 1 is 0.343 bits per heavy atom. The van der Waals surface area contributed by atoms with E-state index >= 15 is 0 Å². The predicted octanol–water partition coefficient (Wildman–Crippen LogP) is 20.4. The van der Waals surface area contributed by atoms with E-state index in [0.717, 1.165) is 89.1 Å².